The van der Waals surface area contributed by atoms with Gasteiger partial charge in [-0.3, -0.25) is 0 Å². The summed E-state index contributed by atoms with van der Waals surface area (Å²) < 4.78 is 14.3. The lowest BCUT2D eigenvalue weighted by molar-refractivity contribution is 0.628. The first-order valence-electron chi connectivity index (χ1n) is 10.0. The third kappa shape index (κ3) is 3.96. The standard InChI is InChI=1S/C27H18FN3/c28-22-16-17-23(19-10-4-1-5-11-19)24(18-22)27-30-25(20-12-6-2-7-13-20)29-26(31-27)21-14-8-3-9-15-21/h1-18H. The van der Waals surface area contributed by atoms with Gasteiger partial charge in [0.25, 0.3) is 0 Å². The van der Waals surface area contributed by atoms with E-state index in [2.05, 4.69) is 0 Å². The van der Waals surface area contributed by atoms with Gasteiger partial charge in [0.2, 0.25) is 0 Å². The highest BCUT2D eigenvalue weighted by atomic mass is 19.1. The molecule has 0 radical (unpaired) electrons. The zero-order valence-electron chi connectivity index (χ0n) is 16.6. The van der Waals surface area contributed by atoms with E-state index < -0.39 is 0 Å². The van der Waals surface area contributed by atoms with Gasteiger partial charge in [-0.1, -0.05) is 97.1 Å². The van der Waals surface area contributed by atoms with Crippen molar-refractivity contribution in [2.45, 2.75) is 0 Å². The Hall–Kier alpha value is -4.18. The summed E-state index contributed by atoms with van der Waals surface area (Å²) in [5.74, 6) is 1.20. The quantitative estimate of drug-likeness (QED) is 0.336. The molecule has 0 saturated heterocycles. The van der Waals surface area contributed by atoms with Crippen LogP contribution in [-0.4, -0.2) is 15.0 Å². The molecular formula is C27H18FN3. The predicted molar refractivity (Wildman–Crippen MR) is 122 cm³/mol. The molecule has 0 saturated carbocycles. The summed E-state index contributed by atoms with van der Waals surface area (Å²) >= 11 is 0. The first-order valence-corrected chi connectivity index (χ1v) is 10.0. The second-order valence-corrected chi connectivity index (χ2v) is 7.09. The van der Waals surface area contributed by atoms with Gasteiger partial charge in [0.15, 0.2) is 17.5 Å². The summed E-state index contributed by atoms with van der Waals surface area (Å²) in [5, 5.41) is 0. The molecule has 1 heterocycles. The van der Waals surface area contributed by atoms with Crippen molar-refractivity contribution in [3.05, 3.63) is 115 Å². The van der Waals surface area contributed by atoms with Crippen LogP contribution in [0.4, 0.5) is 4.39 Å². The Morgan fingerprint density at radius 3 is 1.39 bits per heavy atom. The Morgan fingerprint density at radius 1 is 0.419 bits per heavy atom. The fourth-order valence-electron chi connectivity index (χ4n) is 3.50. The molecule has 0 aliphatic heterocycles. The number of nitrogens with zero attached hydrogens (tertiary/aromatic N) is 3. The molecular weight excluding hydrogens is 385 g/mol. The van der Waals surface area contributed by atoms with Gasteiger partial charge in [-0.2, -0.15) is 0 Å². The molecule has 0 aliphatic carbocycles. The maximum atomic E-state index is 14.3. The van der Waals surface area contributed by atoms with Crippen molar-refractivity contribution in [1.82, 2.24) is 15.0 Å². The van der Waals surface area contributed by atoms with Crippen molar-refractivity contribution in [2.24, 2.45) is 0 Å². The van der Waals surface area contributed by atoms with Crippen LogP contribution in [0.15, 0.2) is 109 Å². The highest BCUT2D eigenvalue weighted by molar-refractivity contribution is 5.81. The molecule has 5 rings (SSSR count). The van der Waals surface area contributed by atoms with Crippen LogP contribution < -0.4 is 0 Å². The van der Waals surface area contributed by atoms with Crippen molar-refractivity contribution >= 4 is 0 Å². The summed E-state index contributed by atoms with van der Waals surface area (Å²) in [5.41, 5.74) is 4.22. The van der Waals surface area contributed by atoms with E-state index in [0.717, 1.165) is 22.3 Å². The molecule has 0 fully saturated rings. The lowest BCUT2D eigenvalue weighted by Gasteiger charge is -2.12. The molecule has 3 nitrogen and oxygen atoms in total. The maximum Gasteiger partial charge on any atom is 0.164 e. The van der Waals surface area contributed by atoms with Gasteiger partial charge in [-0.05, 0) is 23.3 Å². The van der Waals surface area contributed by atoms with Gasteiger partial charge in [-0.15, -0.1) is 0 Å². The predicted octanol–water partition coefficient (Wildman–Crippen LogP) is 6.68. The van der Waals surface area contributed by atoms with E-state index in [1.54, 1.807) is 6.07 Å². The number of hydrogen-bond donors (Lipinski definition) is 0. The van der Waals surface area contributed by atoms with E-state index in [-0.39, 0.29) is 5.82 Å². The van der Waals surface area contributed by atoms with Crippen LogP contribution in [0.1, 0.15) is 0 Å². The van der Waals surface area contributed by atoms with Crippen LogP contribution in [0.3, 0.4) is 0 Å². The zero-order chi connectivity index (χ0) is 21.0. The second-order valence-electron chi connectivity index (χ2n) is 7.09. The van der Waals surface area contributed by atoms with Gasteiger partial charge in [-0.25, -0.2) is 19.3 Å². The van der Waals surface area contributed by atoms with Crippen molar-refractivity contribution in [3.8, 4) is 45.3 Å². The molecule has 5 aromatic rings. The monoisotopic (exact) mass is 403 g/mol. The SMILES string of the molecule is Fc1ccc(-c2ccccc2)c(-c2nc(-c3ccccc3)nc(-c3ccccc3)n2)c1. The van der Waals surface area contributed by atoms with E-state index >= 15 is 0 Å². The highest BCUT2D eigenvalue weighted by Gasteiger charge is 2.16. The largest absolute Gasteiger partial charge is 0.208 e. The Morgan fingerprint density at radius 2 is 0.871 bits per heavy atom. The smallest absolute Gasteiger partial charge is 0.164 e. The molecule has 148 valence electrons. The minimum absolute atomic E-state index is 0.336. The fourth-order valence-corrected chi connectivity index (χ4v) is 3.50. The Bertz CT molecular complexity index is 1260. The number of aromatic nitrogens is 3. The minimum Gasteiger partial charge on any atom is -0.208 e. The molecule has 31 heavy (non-hydrogen) atoms. The first-order chi connectivity index (χ1) is 15.3. The van der Waals surface area contributed by atoms with Crippen LogP contribution in [0.25, 0.3) is 45.3 Å². The normalized spacial score (nSPS) is 10.7. The Kier molecular flexibility index (Phi) is 5.03. The summed E-state index contributed by atoms with van der Waals surface area (Å²) in [6.45, 7) is 0. The van der Waals surface area contributed by atoms with Crippen LogP contribution in [0.5, 0.6) is 0 Å². The average Bonchev–Trinajstić information content (AvgIpc) is 2.85. The number of hydrogen-bond acceptors (Lipinski definition) is 3. The maximum absolute atomic E-state index is 14.3. The van der Waals surface area contributed by atoms with E-state index in [1.807, 2.05) is 91.0 Å². The summed E-state index contributed by atoms with van der Waals surface area (Å²) in [4.78, 5) is 14.2. The molecule has 4 aromatic carbocycles. The third-order valence-electron chi connectivity index (χ3n) is 5.01. The van der Waals surface area contributed by atoms with Gasteiger partial charge in [0.05, 0.1) is 0 Å². The van der Waals surface area contributed by atoms with Crippen LogP contribution in [0, 0.1) is 5.82 Å². The molecule has 4 heteroatoms. The highest BCUT2D eigenvalue weighted by Crippen LogP contribution is 2.32. The summed E-state index contributed by atoms with van der Waals surface area (Å²) in [7, 11) is 0. The minimum atomic E-state index is -0.336. The van der Waals surface area contributed by atoms with E-state index in [9.17, 15) is 4.39 Å². The van der Waals surface area contributed by atoms with Crippen molar-refractivity contribution in [2.75, 3.05) is 0 Å². The van der Waals surface area contributed by atoms with Crippen LogP contribution >= 0.6 is 0 Å². The molecule has 0 unspecified atom stereocenters. The molecule has 0 amide bonds. The van der Waals surface area contributed by atoms with E-state index in [0.29, 0.717) is 23.0 Å². The summed E-state index contributed by atoms with van der Waals surface area (Å²) in [6, 6.07) is 34.1. The number of rotatable bonds is 4. The molecule has 0 atom stereocenters. The van der Waals surface area contributed by atoms with Crippen molar-refractivity contribution in [1.29, 1.82) is 0 Å². The third-order valence-corrected chi connectivity index (χ3v) is 5.01. The summed E-state index contributed by atoms with van der Waals surface area (Å²) in [6.07, 6.45) is 0. The lowest BCUT2D eigenvalue weighted by atomic mass is 9.99. The van der Waals surface area contributed by atoms with E-state index in [1.165, 1.54) is 12.1 Å². The Labute approximate surface area is 179 Å². The Balaban J connectivity index is 1.76. The van der Waals surface area contributed by atoms with Gasteiger partial charge < -0.3 is 0 Å². The molecule has 0 spiro atoms. The van der Waals surface area contributed by atoms with Gasteiger partial charge in [0, 0.05) is 16.7 Å². The molecule has 1 aromatic heterocycles. The van der Waals surface area contributed by atoms with Gasteiger partial charge in [0.1, 0.15) is 5.82 Å². The second kappa shape index (κ2) is 8.28. The van der Waals surface area contributed by atoms with Gasteiger partial charge >= 0.3 is 0 Å². The average molecular weight is 403 g/mol. The van der Waals surface area contributed by atoms with E-state index in [4.69, 9.17) is 15.0 Å². The first kappa shape index (κ1) is 18.8. The van der Waals surface area contributed by atoms with Crippen molar-refractivity contribution in [3.63, 3.8) is 0 Å². The molecule has 0 bridgehead atoms. The lowest BCUT2D eigenvalue weighted by Crippen LogP contribution is -2.01. The topological polar surface area (TPSA) is 38.7 Å². The van der Waals surface area contributed by atoms with Crippen LogP contribution in [0.2, 0.25) is 0 Å². The number of benzene rings is 4. The zero-order valence-corrected chi connectivity index (χ0v) is 16.6. The molecule has 0 aliphatic rings. The molecule has 0 N–H and O–H groups in total. The van der Waals surface area contributed by atoms with Crippen LogP contribution in [-0.2, 0) is 0 Å². The number of halogens is 1. The fraction of sp³-hybridized carbons (Fsp3) is 0. The van der Waals surface area contributed by atoms with Crippen molar-refractivity contribution < 1.29 is 4.39 Å².